The molecule has 3 aromatic heterocycles. The van der Waals surface area contributed by atoms with E-state index in [9.17, 15) is 0 Å². The van der Waals surface area contributed by atoms with E-state index in [2.05, 4.69) is 162 Å². The first-order valence-corrected chi connectivity index (χ1v) is 17.2. The second kappa shape index (κ2) is 11.9. The lowest BCUT2D eigenvalue weighted by atomic mass is 9.95. The lowest BCUT2D eigenvalue weighted by Crippen LogP contribution is -1.97. The summed E-state index contributed by atoms with van der Waals surface area (Å²) in [4.78, 5) is 15.7. The molecule has 0 aliphatic rings. The lowest BCUT2D eigenvalue weighted by Gasteiger charge is -2.14. The molecule has 0 saturated carbocycles. The summed E-state index contributed by atoms with van der Waals surface area (Å²) in [6.45, 7) is 0. The van der Waals surface area contributed by atoms with Crippen LogP contribution in [0, 0.1) is 0 Å². The third-order valence-electron chi connectivity index (χ3n) is 9.79. The minimum atomic E-state index is 0.928. The van der Waals surface area contributed by atoms with Crippen LogP contribution >= 0.6 is 0 Å². The Labute approximate surface area is 295 Å². The van der Waals surface area contributed by atoms with Crippen LogP contribution in [-0.4, -0.2) is 19.5 Å². The number of fused-ring (bicyclic) bond motifs is 6. The van der Waals surface area contributed by atoms with E-state index in [1.165, 1.54) is 0 Å². The van der Waals surface area contributed by atoms with Crippen molar-refractivity contribution >= 4 is 43.6 Å². The molecule has 3 heterocycles. The van der Waals surface area contributed by atoms with Gasteiger partial charge in [0.2, 0.25) is 0 Å². The lowest BCUT2D eigenvalue weighted by molar-refractivity contribution is 1.10. The molecule has 0 atom stereocenters. The Kier molecular flexibility index (Phi) is 6.78. The summed E-state index contributed by atoms with van der Waals surface area (Å²) in [5, 5.41) is 4.42. The molecule has 238 valence electrons. The highest BCUT2D eigenvalue weighted by Crippen LogP contribution is 2.39. The van der Waals surface area contributed by atoms with E-state index in [1.54, 1.807) is 0 Å². The van der Waals surface area contributed by atoms with Crippen molar-refractivity contribution in [3.8, 4) is 50.7 Å². The average Bonchev–Trinajstić information content (AvgIpc) is 3.61. The van der Waals surface area contributed by atoms with Gasteiger partial charge < -0.3 is 0 Å². The molecule has 51 heavy (non-hydrogen) atoms. The third kappa shape index (κ3) is 4.96. The number of hydrogen-bond donors (Lipinski definition) is 0. The zero-order chi connectivity index (χ0) is 33.7. The topological polar surface area (TPSA) is 43.6 Å². The van der Waals surface area contributed by atoms with Gasteiger partial charge in [0.05, 0.1) is 33.5 Å². The fourth-order valence-corrected chi connectivity index (χ4v) is 7.31. The Morgan fingerprint density at radius 1 is 0.392 bits per heavy atom. The Hall–Kier alpha value is -6.91. The van der Waals surface area contributed by atoms with Gasteiger partial charge in [-0.2, -0.15) is 0 Å². The zero-order valence-corrected chi connectivity index (χ0v) is 27.6. The maximum Gasteiger partial charge on any atom is 0.145 e. The number of para-hydroxylation sites is 2. The summed E-state index contributed by atoms with van der Waals surface area (Å²) >= 11 is 0. The summed E-state index contributed by atoms with van der Waals surface area (Å²) in [5.41, 5.74) is 12.4. The summed E-state index contributed by atoms with van der Waals surface area (Å²) in [6, 6.07) is 63.6. The van der Waals surface area contributed by atoms with Gasteiger partial charge in [0, 0.05) is 38.5 Å². The first-order valence-electron chi connectivity index (χ1n) is 17.2. The molecule has 4 heteroatoms. The van der Waals surface area contributed by atoms with E-state index in [0.717, 1.165) is 94.3 Å². The van der Waals surface area contributed by atoms with Crippen LogP contribution in [0.5, 0.6) is 0 Å². The molecular formula is C47H30N4. The van der Waals surface area contributed by atoms with Crippen LogP contribution in [0.2, 0.25) is 0 Å². The maximum absolute atomic E-state index is 5.40. The fourth-order valence-electron chi connectivity index (χ4n) is 7.31. The first kappa shape index (κ1) is 29.0. The van der Waals surface area contributed by atoms with Gasteiger partial charge >= 0.3 is 0 Å². The van der Waals surface area contributed by atoms with Gasteiger partial charge in [-0.3, -0.25) is 4.57 Å². The average molecular weight is 651 g/mol. The number of imidazole rings is 1. The summed E-state index contributed by atoms with van der Waals surface area (Å²) in [5.74, 6) is 0.928. The minimum Gasteiger partial charge on any atom is -0.292 e. The van der Waals surface area contributed by atoms with Gasteiger partial charge in [0.15, 0.2) is 0 Å². The van der Waals surface area contributed by atoms with Crippen LogP contribution in [0.3, 0.4) is 0 Å². The number of aromatic nitrogens is 4. The highest BCUT2D eigenvalue weighted by atomic mass is 15.1. The van der Waals surface area contributed by atoms with Crippen molar-refractivity contribution < 1.29 is 0 Å². The highest BCUT2D eigenvalue weighted by Gasteiger charge is 2.17. The monoisotopic (exact) mass is 650 g/mol. The second-order valence-corrected chi connectivity index (χ2v) is 12.9. The predicted octanol–water partition coefficient (Wildman–Crippen LogP) is 11.9. The first-order chi connectivity index (χ1) is 25.3. The summed E-state index contributed by atoms with van der Waals surface area (Å²) < 4.78 is 2.25. The van der Waals surface area contributed by atoms with Crippen LogP contribution < -0.4 is 0 Å². The largest absolute Gasteiger partial charge is 0.292 e. The minimum absolute atomic E-state index is 0.928. The van der Waals surface area contributed by atoms with Gasteiger partial charge in [-0.05, 0) is 52.9 Å². The van der Waals surface area contributed by atoms with Crippen molar-refractivity contribution in [2.24, 2.45) is 0 Å². The van der Waals surface area contributed by atoms with Crippen molar-refractivity contribution in [3.05, 3.63) is 182 Å². The number of hydrogen-bond acceptors (Lipinski definition) is 3. The zero-order valence-electron chi connectivity index (χ0n) is 27.6. The van der Waals surface area contributed by atoms with E-state index < -0.39 is 0 Å². The van der Waals surface area contributed by atoms with Crippen LogP contribution in [0.25, 0.3) is 94.3 Å². The molecule has 10 rings (SSSR count). The molecular weight excluding hydrogens is 621 g/mol. The number of nitrogens with zero attached hydrogens (tertiary/aromatic N) is 4. The van der Waals surface area contributed by atoms with Crippen molar-refractivity contribution in [1.82, 2.24) is 19.5 Å². The molecule has 0 N–H and O–H groups in total. The number of rotatable bonds is 5. The fraction of sp³-hybridized carbons (Fsp3) is 0. The van der Waals surface area contributed by atoms with Gasteiger partial charge in [-0.25, -0.2) is 15.0 Å². The Morgan fingerprint density at radius 3 is 1.78 bits per heavy atom. The Balaban J connectivity index is 1.12. The second-order valence-electron chi connectivity index (χ2n) is 12.9. The maximum atomic E-state index is 5.40. The molecule has 7 aromatic carbocycles. The Morgan fingerprint density at radius 2 is 1.02 bits per heavy atom. The van der Waals surface area contributed by atoms with Crippen molar-refractivity contribution in [3.63, 3.8) is 0 Å². The molecule has 0 bridgehead atoms. The van der Waals surface area contributed by atoms with E-state index in [0.29, 0.717) is 0 Å². The molecule has 0 aliphatic heterocycles. The van der Waals surface area contributed by atoms with E-state index in [1.807, 2.05) is 24.3 Å². The standard InChI is InChI=1S/C47H30N4/c1-4-12-32(13-5-1)40-29-24-34-22-28-39-38-27-23-36(30-42(38)49-45(44(39)46(34)48-40)33-14-6-2-7-15-33)31-20-25-37(26-21-31)51-43-19-11-10-18-41(43)50-47(51)35-16-8-3-9-17-35/h1-30H. The highest BCUT2D eigenvalue weighted by molar-refractivity contribution is 6.20. The SMILES string of the molecule is c1ccc(-c2ccc3ccc4c5ccc(-c6ccc(-n7c(-c8ccccc8)nc8ccccc87)cc6)cc5nc(-c5ccccc5)c4c3n2)cc1. The third-order valence-corrected chi connectivity index (χ3v) is 9.79. The Bertz CT molecular complexity index is 2880. The van der Waals surface area contributed by atoms with Gasteiger partial charge in [0.25, 0.3) is 0 Å². The van der Waals surface area contributed by atoms with Crippen molar-refractivity contribution in [1.29, 1.82) is 0 Å². The smallest absolute Gasteiger partial charge is 0.145 e. The summed E-state index contributed by atoms with van der Waals surface area (Å²) in [6.07, 6.45) is 0. The summed E-state index contributed by atoms with van der Waals surface area (Å²) in [7, 11) is 0. The van der Waals surface area contributed by atoms with Gasteiger partial charge in [-0.15, -0.1) is 0 Å². The molecule has 0 aliphatic carbocycles. The molecule has 0 fully saturated rings. The van der Waals surface area contributed by atoms with Gasteiger partial charge in [0.1, 0.15) is 5.82 Å². The predicted molar refractivity (Wildman–Crippen MR) is 211 cm³/mol. The van der Waals surface area contributed by atoms with E-state index in [4.69, 9.17) is 15.0 Å². The van der Waals surface area contributed by atoms with Crippen LogP contribution in [0.1, 0.15) is 0 Å². The molecule has 0 amide bonds. The molecule has 0 unspecified atom stereocenters. The van der Waals surface area contributed by atoms with Crippen LogP contribution in [0.15, 0.2) is 182 Å². The van der Waals surface area contributed by atoms with Crippen molar-refractivity contribution in [2.45, 2.75) is 0 Å². The number of pyridine rings is 2. The molecule has 10 aromatic rings. The molecule has 4 nitrogen and oxygen atoms in total. The van der Waals surface area contributed by atoms with Crippen LogP contribution in [0.4, 0.5) is 0 Å². The normalized spacial score (nSPS) is 11.5. The van der Waals surface area contributed by atoms with Crippen molar-refractivity contribution in [2.75, 3.05) is 0 Å². The molecule has 0 saturated heterocycles. The van der Waals surface area contributed by atoms with E-state index in [-0.39, 0.29) is 0 Å². The molecule has 0 spiro atoms. The van der Waals surface area contributed by atoms with Crippen LogP contribution in [-0.2, 0) is 0 Å². The molecule has 0 radical (unpaired) electrons. The quantitative estimate of drug-likeness (QED) is 0.174. The van der Waals surface area contributed by atoms with E-state index >= 15 is 0 Å². The number of benzene rings is 7. The van der Waals surface area contributed by atoms with Gasteiger partial charge in [-0.1, -0.05) is 146 Å².